The second-order valence-electron chi connectivity index (χ2n) is 12.6. The largest absolute Gasteiger partial charge is 0.497 e. The molecule has 1 aromatic heterocycles. The van der Waals surface area contributed by atoms with Crippen molar-refractivity contribution in [3.05, 3.63) is 142 Å². The van der Waals surface area contributed by atoms with E-state index in [0.29, 0.717) is 44.8 Å². The fourth-order valence-corrected chi connectivity index (χ4v) is 8.41. The minimum atomic E-state index is -0.572. The number of thiophene rings is 1. The van der Waals surface area contributed by atoms with Crippen molar-refractivity contribution in [3.8, 4) is 11.5 Å². The van der Waals surface area contributed by atoms with Gasteiger partial charge in [-0.15, -0.1) is 23.1 Å². The van der Waals surface area contributed by atoms with Gasteiger partial charge in [-0.2, -0.15) is 0 Å². The highest BCUT2D eigenvalue weighted by Gasteiger charge is 2.31. The molecule has 282 valence electrons. The number of nitrogens with one attached hydrogen (secondary N) is 3. The fourth-order valence-electron chi connectivity index (χ4n) is 6.33. The van der Waals surface area contributed by atoms with Crippen molar-refractivity contribution in [1.29, 1.82) is 0 Å². The van der Waals surface area contributed by atoms with E-state index in [1.54, 1.807) is 73.7 Å². The Kier molecular flexibility index (Phi) is 13.0. The molecule has 0 radical (unpaired) electrons. The lowest BCUT2D eigenvalue weighted by atomic mass is 9.83. The zero-order valence-corrected chi connectivity index (χ0v) is 32.3. The van der Waals surface area contributed by atoms with Gasteiger partial charge in [-0.05, 0) is 97.8 Å². The van der Waals surface area contributed by atoms with E-state index in [1.165, 1.54) is 49.0 Å². The Hall–Kier alpha value is -5.85. The highest BCUT2D eigenvalue weighted by atomic mass is 32.2. The van der Waals surface area contributed by atoms with E-state index in [-0.39, 0.29) is 24.0 Å². The third-order valence-electron chi connectivity index (χ3n) is 9.00. The van der Waals surface area contributed by atoms with Crippen LogP contribution in [-0.4, -0.2) is 50.3 Å². The minimum absolute atomic E-state index is 0.0241. The zero-order valence-electron chi connectivity index (χ0n) is 30.7. The van der Waals surface area contributed by atoms with Gasteiger partial charge in [0, 0.05) is 26.6 Å². The number of carbonyl (C=O) groups excluding carboxylic acids is 4. The summed E-state index contributed by atoms with van der Waals surface area (Å²) in [5, 5.41) is 9.11. The molecule has 4 aromatic carbocycles. The monoisotopic (exact) mass is 775 g/mol. The lowest BCUT2D eigenvalue weighted by Crippen LogP contribution is -2.30. The smallest absolute Gasteiger partial charge is 0.341 e. The van der Waals surface area contributed by atoms with E-state index in [0.717, 1.165) is 34.6 Å². The molecule has 55 heavy (non-hydrogen) atoms. The molecule has 1 heterocycles. The van der Waals surface area contributed by atoms with Crippen LogP contribution in [0, 0.1) is 0 Å². The van der Waals surface area contributed by atoms with Crippen LogP contribution in [0.1, 0.15) is 61.5 Å². The normalized spacial score (nSPS) is 13.6. The Morgan fingerprint density at radius 3 is 2.36 bits per heavy atom. The van der Waals surface area contributed by atoms with Crippen LogP contribution in [0.25, 0.3) is 6.08 Å². The SMILES string of the molecule is CCOC(=O)c1c(NC(=O)CSc2cccc(NC(=O)/C(=C\c3cc(OC)ccc3OC)NC(=O)c3ccccc3)c2)sc2c1CCC(c1ccccc1)C2. The number of anilines is 2. The van der Waals surface area contributed by atoms with Crippen molar-refractivity contribution in [1.82, 2.24) is 5.32 Å². The number of thioether (sulfide) groups is 1. The molecular weight excluding hydrogens is 735 g/mol. The first-order valence-corrected chi connectivity index (χ1v) is 19.6. The van der Waals surface area contributed by atoms with Gasteiger partial charge in [-0.25, -0.2) is 4.79 Å². The molecular formula is C43H41N3O7S2. The number of fused-ring (bicyclic) bond motifs is 1. The van der Waals surface area contributed by atoms with Crippen molar-refractivity contribution in [2.45, 2.75) is 37.0 Å². The van der Waals surface area contributed by atoms with Crippen molar-refractivity contribution in [3.63, 3.8) is 0 Å². The molecule has 3 N–H and O–H groups in total. The Morgan fingerprint density at radius 1 is 0.873 bits per heavy atom. The van der Waals surface area contributed by atoms with Crippen LogP contribution in [-0.2, 0) is 27.2 Å². The molecule has 1 unspecified atom stereocenters. The summed E-state index contributed by atoms with van der Waals surface area (Å²) in [7, 11) is 3.05. The summed E-state index contributed by atoms with van der Waals surface area (Å²) in [6.07, 6.45) is 3.94. The van der Waals surface area contributed by atoms with Crippen LogP contribution in [0.2, 0.25) is 0 Å². The summed E-state index contributed by atoms with van der Waals surface area (Å²) < 4.78 is 16.3. The van der Waals surface area contributed by atoms with Crippen molar-refractivity contribution in [2.75, 3.05) is 37.2 Å². The number of carbonyl (C=O) groups is 4. The third-order valence-corrected chi connectivity index (χ3v) is 11.2. The molecule has 0 saturated carbocycles. The Bertz CT molecular complexity index is 2200. The van der Waals surface area contributed by atoms with E-state index in [9.17, 15) is 19.2 Å². The predicted molar refractivity (Wildman–Crippen MR) is 217 cm³/mol. The third kappa shape index (κ3) is 9.83. The Labute approximate surface area is 328 Å². The van der Waals surface area contributed by atoms with Crippen LogP contribution in [0.5, 0.6) is 11.5 Å². The molecule has 12 heteroatoms. The van der Waals surface area contributed by atoms with Gasteiger partial charge in [-0.1, -0.05) is 54.6 Å². The molecule has 0 bridgehead atoms. The van der Waals surface area contributed by atoms with E-state index < -0.39 is 17.8 Å². The quantitative estimate of drug-likeness (QED) is 0.0583. The number of hydrogen-bond donors (Lipinski definition) is 3. The molecule has 0 fully saturated rings. The maximum absolute atomic E-state index is 13.8. The van der Waals surface area contributed by atoms with Crippen molar-refractivity contribution in [2.24, 2.45) is 0 Å². The van der Waals surface area contributed by atoms with E-state index in [1.807, 2.05) is 24.3 Å². The van der Waals surface area contributed by atoms with Gasteiger partial charge >= 0.3 is 5.97 Å². The molecule has 0 saturated heterocycles. The molecule has 5 aromatic rings. The van der Waals surface area contributed by atoms with Gasteiger partial charge in [0.05, 0.1) is 32.1 Å². The van der Waals surface area contributed by atoms with Gasteiger partial charge in [0.2, 0.25) is 5.91 Å². The first-order chi connectivity index (χ1) is 26.8. The van der Waals surface area contributed by atoms with Crippen LogP contribution >= 0.6 is 23.1 Å². The highest BCUT2D eigenvalue weighted by molar-refractivity contribution is 8.00. The maximum Gasteiger partial charge on any atom is 0.341 e. The van der Waals surface area contributed by atoms with Gasteiger partial charge in [-0.3, -0.25) is 14.4 Å². The van der Waals surface area contributed by atoms with Gasteiger partial charge in [0.25, 0.3) is 11.8 Å². The second kappa shape index (κ2) is 18.5. The Balaban J connectivity index is 1.16. The lowest BCUT2D eigenvalue weighted by Gasteiger charge is -2.23. The highest BCUT2D eigenvalue weighted by Crippen LogP contribution is 2.43. The summed E-state index contributed by atoms with van der Waals surface area (Å²) in [4.78, 5) is 55.2. The molecule has 1 aliphatic rings. The number of rotatable bonds is 14. The van der Waals surface area contributed by atoms with Gasteiger partial charge in [0.15, 0.2) is 0 Å². The topological polar surface area (TPSA) is 132 Å². The number of amides is 3. The first kappa shape index (κ1) is 38.9. The summed E-state index contributed by atoms with van der Waals surface area (Å²) in [6.45, 7) is 2.00. The van der Waals surface area contributed by atoms with E-state index in [4.69, 9.17) is 14.2 Å². The number of methoxy groups -OCH3 is 2. The summed E-state index contributed by atoms with van der Waals surface area (Å²) in [5.41, 5.74) is 4.00. The number of esters is 1. The summed E-state index contributed by atoms with van der Waals surface area (Å²) in [6, 6.07) is 31.1. The Morgan fingerprint density at radius 2 is 1.64 bits per heavy atom. The van der Waals surface area contributed by atoms with Gasteiger partial charge < -0.3 is 30.2 Å². The van der Waals surface area contributed by atoms with Crippen molar-refractivity contribution >= 4 is 63.6 Å². The standard InChI is InChI=1S/C43H41N3O7S2/c1-4-53-43(50)39-34-20-18-29(27-12-7-5-8-13-27)24-37(34)55-42(39)46-38(47)26-54-33-17-11-16-31(25-33)44-41(49)35(45-40(48)28-14-9-6-10-15-28)23-30-22-32(51-2)19-21-36(30)52-3/h5-17,19,21-23,25,29H,4,18,20,24,26H2,1-3H3,(H,44,49)(H,45,48)(H,46,47)/b35-23+. The van der Waals surface area contributed by atoms with E-state index in [2.05, 4.69) is 28.1 Å². The molecule has 3 amide bonds. The van der Waals surface area contributed by atoms with Crippen LogP contribution in [0.4, 0.5) is 10.7 Å². The minimum Gasteiger partial charge on any atom is -0.497 e. The molecule has 1 atom stereocenters. The molecule has 10 nitrogen and oxygen atoms in total. The molecule has 0 spiro atoms. The van der Waals surface area contributed by atoms with Gasteiger partial charge in [0.1, 0.15) is 22.2 Å². The molecule has 0 aliphatic heterocycles. The first-order valence-electron chi connectivity index (χ1n) is 17.8. The zero-order chi connectivity index (χ0) is 38.7. The maximum atomic E-state index is 13.8. The number of ether oxygens (including phenoxy) is 3. The van der Waals surface area contributed by atoms with Crippen molar-refractivity contribution < 1.29 is 33.4 Å². The van der Waals surface area contributed by atoms with Crippen LogP contribution < -0.4 is 25.4 Å². The second-order valence-corrected chi connectivity index (χ2v) is 14.7. The summed E-state index contributed by atoms with van der Waals surface area (Å²) in [5.74, 6) is -0.321. The predicted octanol–water partition coefficient (Wildman–Crippen LogP) is 8.35. The lowest BCUT2D eigenvalue weighted by molar-refractivity contribution is -0.114. The number of benzene rings is 4. The number of hydrogen-bond acceptors (Lipinski definition) is 9. The molecule has 1 aliphatic carbocycles. The fraction of sp³-hybridized carbons (Fsp3) is 0.209. The average molecular weight is 776 g/mol. The van der Waals surface area contributed by atoms with Crippen LogP contribution in [0.3, 0.4) is 0 Å². The molecule has 6 rings (SSSR count). The summed E-state index contributed by atoms with van der Waals surface area (Å²) >= 11 is 2.73. The van der Waals surface area contributed by atoms with Crippen LogP contribution in [0.15, 0.2) is 114 Å². The average Bonchev–Trinajstić information content (AvgIpc) is 3.57. The van der Waals surface area contributed by atoms with E-state index >= 15 is 0 Å².